The molecule has 0 radical (unpaired) electrons. The van der Waals surface area contributed by atoms with Gasteiger partial charge in [-0.25, -0.2) is 0 Å². The standard InChI is InChI=1S/C29H31N7OS/c1-20-17-26(30-19-20)31-27-32-28(36-15-13-35(14-16-36)23-5-3-2-4-6-23)34-29(33-27)38-24-11-7-21(8-12-24)18-25(37)22-9-10-22/h2-8,11-12,17,22H,9-10,13-16,18-19H2,1H3,(H,30,31,32,33,34). The van der Waals surface area contributed by atoms with Crippen LogP contribution in [0.25, 0.3) is 0 Å². The number of nitrogens with one attached hydrogen (secondary N) is 1. The normalized spacial score (nSPS) is 17.3. The van der Waals surface area contributed by atoms with Crippen LogP contribution in [0.2, 0.25) is 0 Å². The van der Waals surface area contributed by atoms with Crippen LogP contribution in [0.3, 0.4) is 0 Å². The van der Waals surface area contributed by atoms with Crippen LogP contribution in [0.5, 0.6) is 0 Å². The Morgan fingerprint density at radius 3 is 2.37 bits per heavy atom. The number of rotatable bonds is 8. The number of Topliss-reactive ketones (excluding diaryl/α,β-unsaturated/α-hetero) is 1. The molecule has 194 valence electrons. The lowest BCUT2D eigenvalue weighted by atomic mass is 10.1. The number of carbonyl (C=O) groups excluding carboxylic acids is 1. The largest absolute Gasteiger partial charge is 0.368 e. The summed E-state index contributed by atoms with van der Waals surface area (Å²) in [6, 6.07) is 18.7. The summed E-state index contributed by atoms with van der Waals surface area (Å²) in [5.41, 5.74) is 3.50. The van der Waals surface area contributed by atoms with E-state index in [1.54, 1.807) is 0 Å². The number of amidine groups is 1. The minimum absolute atomic E-state index is 0.288. The monoisotopic (exact) mass is 525 g/mol. The van der Waals surface area contributed by atoms with Gasteiger partial charge in [0.25, 0.3) is 0 Å². The van der Waals surface area contributed by atoms with Gasteiger partial charge in [-0.15, -0.1) is 0 Å². The van der Waals surface area contributed by atoms with E-state index in [9.17, 15) is 4.79 Å². The summed E-state index contributed by atoms with van der Waals surface area (Å²) in [7, 11) is 0. The second-order valence-electron chi connectivity index (χ2n) is 10.0. The van der Waals surface area contributed by atoms with Crippen LogP contribution >= 0.6 is 11.8 Å². The van der Waals surface area contributed by atoms with Crippen molar-refractivity contribution in [3.8, 4) is 0 Å². The van der Waals surface area contributed by atoms with E-state index in [1.165, 1.54) is 23.0 Å². The second-order valence-corrected chi connectivity index (χ2v) is 11.1. The lowest BCUT2D eigenvalue weighted by Crippen LogP contribution is -2.47. The number of piperazine rings is 1. The van der Waals surface area contributed by atoms with Gasteiger partial charge in [-0.3, -0.25) is 9.79 Å². The van der Waals surface area contributed by atoms with Crippen LogP contribution < -0.4 is 15.1 Å². The van der Waals surface area contributed by atoms with Gasteiger partial charge in [0.15, 0.2) is 5.16 Å². The van der Waals surface area contributed by atoms with Crippen molar-refractivity contribution in [2.45, 2.75) is 36.2 Å². The molecule has 1 aromatic heterocycles. The summed E-state index contributed by atoms with van der Waals surface area (Å²) in [4.78, 5) is 36.7. The number of hydrogen-bond acceptors (Lipinski definition) is 9. The maximum atomic E-state index is 12.2. The Balaban J connectivity index is 1.19. The molecule has 1 saturated heterocycles. The molecule has 6 rings (SSSR count). The molecule has 9 heteroatoms. The first-order chi connectivity index (χ1) is 18.6. The number of nitrogens with zero attached hydrogens (tertiary/aromatic N) is 6. The Hall–Kier alpha value is -3.72. The lowest BCUT2D eigenvalue weighted by molar-refractivity contribution is -0.119. The number of hydrogen-bond donors (Lipinski definition) is 1. The molecule has 2 aromatic carbocycles. The van der Waals surface area contributed by atoms with E-state index in [4.69, 9.17) is 15.0 Å². The van der Waals surface area contributed by atoms with Gasteiger partial charge in [0, 0.05) is 49.1 Å². The number of ketones is 1. The Labute approximate surface area is 227 Å². The molecule has 3 aromatic rings. The molecule has 1 saturated carbocycles. The summed E-state index contributed by atoms with van der Waals surface area (Å²) in [5, 5.41) is 3.91. The van der Waals surface area contributed by atoms with Crippen molar-refractivity contribution in [2.24, 2.45) is 10.9 Å². The van der Waals surface area contributed by atoms with Gasteiger partial charge in [0.05, 0.1) is 6.54 Å². The molecule has 2 fully saturated rings. The minimum Gasteiger partial charge on any atom is -0.368 e. The predicted molar refractivity (Wildman–Crippen MR) is 152 cm³/mol. The fourth-order valence-corrected chi connectivity index (χ4v) is 5.39. The van der Waals surface area contributed by atoms with Crippen LogP contribution in [0.1, 0.15) is 25.3 Å². The SMILES string of the molecule is CC1=CC(Nc2nc(Sc3ccc(CC(=O)C4CC4)cc3)nc(N3CCN(c4ccccc4)CC3)n2)=NC1. The first kappa shape index (κ1) is 24.6. The van der Waals surface area contributed by atoms with E-state index in [2.05, 4.69) is 51.3 Å². The zero-order valence-electron chi connectivity index (χ0n) is 21.5. The summed E-state index contributed by atoms with van der Waals surface area (Å²) in [6.45, 7) is 6.21. The molecular formula is C29H31N7OS. The van der Waals surface area contributed by atoms with E-state index < -0.39 is 0 Å². The Kier molecular flexibility index (Phi) is 7.09. The molecule has 3 aliphatic rings. The summed E-state index contributed by atoms with van der Waals surface area (Å²) < 4.78 is 0. The molecule has 0 unspecified atom stereocenters. The van der Waals surface area contributed by atoms with Crippen molar-refractivity contribution >= 4 is 41.0 Å². The van der Waals surface area contributed by atoms with E-state index in [0.717, 1.165) is 55.3 Å². The molecule has 1 N–H and O–H groups in total. The third-order valence-corrected chi connectivity index (χ3v) is 7.83. The molecule has 0 bridgehead atoms. The van der Waals surface area contributed by atoms with Gasteiger partial charge in [-0.05, 0) is 73.0 Å². The Bertz CT molecular complexity index is 1360. The number of benzene rings is 2. The molecule has 0 atom stereocenters. The van der Waals surface area contributed by atoms with E-state index in [0.29, 0.717) is 35.8 Å². The number of para-hydroxylation sites is 1. The Morgan fingerprint density at radius 1 is 0.947 bits per heavy atom. The smallest absolute Gasteiger partial charge is 0.234 e. The fourth-order valence-electron chi connectivity index (χ4n) is 4.65. The lowest BCUT2D eigenvalue weighted by Gasteiger charge is -2.36. The molecule has 38 heavy (non-hydrogen) atoms. The summed E-state index contributed by atoms with van der Waals surface area (Å²) >= 11 is 1.50. The highest BCUT2D eigenvalue weighted by atomic mass is 32.2. The van der Waals surface area contributed by atoms with Crippen molar-refractivity contribution < 1.29 is 4.79 Å². The highest BCUT2D eigenvalue weighted by molar-refractivity contribution is 7.99. The predicted octanol–water partition coefficient (Wildman–Crippen LogP) is 4.64. The highest BCUT2D eigenvalue weighted by Crippen LogP contribution is 2.32. The van der Waals surface area contributed by atoms with Crippen LogP contribution in [-0.2, 0) is 11.2 Å². The second kappa shape index (κ2) is 10.9. The number of aliphatic imine (C=N–C) groups is 1. The van der Waals surface area contributed by atoms with Crippen LogP contribution in [0, 0.1) is 5.92 Å². The fraction of sp³-hybridized carbons (Fsp3) is 0.345. The van der Waals surface area contributed by atoms with Gasteiger partial charge in [-0.1, -0.05) is 30.3 Å². The molecule has 2 aliphatic heterocycles. The summed E-state index contributed by atoms with van der Waals surface area (Å²) in [6.07, 6.45) is 4.64. The zero-order valence-corrected chi connectivity index (χ0v) is 22.3. The van der Waals surface area contributed by atoms with Crippen LogP contribution in [0.15, 0.2) is 81.3 Å². The minimum atomic E-state index is 0.288. The number of anilines is 3. The number of carbonyl (C=O) groups is 1. The van der Waals surface area contributed by atoms with Gasteiger partial charge < -0.3 is 15.1 Å². The number of aromatic nitrogens is 3. The van der Waals surface area contributed by atoms with Crippen molar-refractivity contribution in [3.63, 3.8) is 0 Å². The quantitative estimate of drug-likeness (QED) is 0.455. The highest BCUT2D eigenvalue weighted by Gasteiger charge is 2.29. The van der Waals surface area contributed by atoms with Crippen molar-refractivity contribution in [2.75, 3.05) is 47.8 Å². The zero-order chi connectivity index (χ0) is 25.9. The van der Waals surface area contributed by atoms with Crippen LogP contribution in [-0.4, -0.2) is 59.3 Å². The van der Waals surface area contributed by atoms with Crippen molar-refractivity contribution in [1.82, 2.24) is 15.0 Å². The van der Waals surface area contributed by atoms with Gasteiger partial charge in [-0.2, -0.15) is 15.0 Å². The van der Waals surface area contributed by atoms with Gasteiger partial charge >= 0.3 is 0 Å². The maximum absolute atomic E-state index is 12.2. The third-order valence-electron chi connectivity index (χ3n) is 6.95. The van der Waals surface area contributed by atoms with Gasteiger partial charge in [0.1, 0.15) is 11.6 Å². The molecular weight excluding hydrogens is 494 g/mol. The summed E-state index contributed by atoms with van der Waals surface area (Å²) in [5.74, 6) is 2.59. The molecule has 1 aliphatic carbocycles. The topological polar surface area (TPSA) is 86.6 Å². The van der Waals surface area contributed by atoms with Gasteiger partial charge in [0.2, 0.25) is 11.9 Å². The molecule has 0 spiro atoms. The first-order valence-electron chi connectivity index (χ1n) is 13.2. The van der Waals surface area contributed by atoms with Crippen molar-refractivity contribution in [3.05, 3.63) is 71.8 Å². The maximum Gasteiger partial charge on any atom is 0.234 e. The molecule has 0 amide bonds. The molecule has 3 heterocycles. The Morgan fingerprint density at radius 2 is 1.68 bits per heavy atom. The molecule has 8 nitrogen and oxygen atoms in total. The average Bonchev–Trinajstić information content (AvgIpc) is 3.72. The van der Waals surface area contributed by atoms with Crippen molar-refractivity contribution in [1.29, 1.82) is 0 Å². The van der Waals surface area contributed by atoms with E-state index in [1.807, 2.05) is 36.4 Å². The third kappa shape index (κ3) is 6.05. The van der Waals surface area contributed by atoms with E-state index in [-0.39, 0.29) is 5.92 Å². The van der Waals surface area contributed by atoms with Crippen LogP contribution in [0.4, 0.5) is 17.6 Å². The average molecular weight is 526 g/mol. The van der Waals surface area contributed by atoms with E-state index >= 15 is 0 Å². The first-order valence-corrected chi connectivity index (χ1v) is 14.0.